The Labute approximate surface area is 145 Å². The van der Waals surface area contributed by atoms with E-state index in [4.69, 9.17) is 11.6 Å². The molecule has 2 aliphatic rings. The van der Waals surface area contributed by atoms with Crippen LogP contribution >= 0.6 is 23.4 Å². The van der Waals surface area contributed by atoms with E-state index in [2.05, 4.69) is 10.2 Å². The van der Waals surface area contributed by atoms with Gasteiger partial charge in [-0.15, -0.1) is 11.8 Å². The number of anilines is 2. The van der Waals surface area contributed by atoms with E-state index in [0.717, 1.165) is 37.3 Å². The Kier molecular flexibility index (Phi) is 5.33. The van der Waals surface area contributed by atoms with Gasteiger partial charge in [0.2, 0.25) is 11.8 Å². The van der Waals surface area contributed by atoms with Crippen molar-refractivity contribution in [2.45, 2.75) is 19.3 Å². The number of carbonyl (C=O) groups excluding carboxylic acids is 2. The molecule has 0 saturated carbocycles. The summed E-state index contributed by atoms with van der Waals surface area (Å²) in [5.41, 5.74) is 1.73. The van der Waals surface area contributed by atoms with Crippen LogP contribution in [-0.2, 0) is 9.59 Å². The van der Waals surface area contributed by atoms with Crippen LogP contribution in [0, 0.1) is 0 Å². The van der Waals surface area contributed by atoms with E-state index in [1.54, 1.807) is 11.0 Å². The van der Waals surface area contributed by atoms with Crippen molar-refractivity contribution in [1.29, 1.82) is 0 Å². The lowest BCUT2D eigenvalue weighted by Gasteiger charge is -2.30. The summed E-state index contributed by atoms with van der Waals surface area (Å²) in [4.78, 5) is 27.8. The van der Waals surface area contributed by atoms with Gasteiger partial charge >= 0.3 is 0 Å². The van der Waals surface area contributed by atoms with Crippen molar-refractivity contribution in [3.63, 3.8) is 0 Å². The number of amides is 2. The molecule has 5 nitrogen and oxygen atoms in total. The maximum Gasteiger partial charge on any atom is 0.244 e. The zero-order valence-corrected chi connectivity index (χ0v) is 14.5. The Balaban J connectivity index is 1.71. The molecule has 0 bridgehead atoms. The van der Waals surface area contributed by atoms with E-state index in [-0.39, 0.29) is 18.4 Å². The molecule has 2 fully saturated rings. The van der Waals surface area contributed by atoms with E-state index < -0.39 is 0 Å². The van der Waals surface area contributed by atoms with Gasteiger partial charge in [-0.05, 0) is 37.5 Å². The van der Waals surface area contributed by atoms with Crippen LogP contribution in [0.5, 0.6) is 0 Å². The molecule has 0 aromatic heterocycles. The number of nitrogens with one attached hydrogen (secondary N) is 1. The van der Waals surface area contributed by atoms with Crippen LogP contribution in [0.25, 0.3) is 0 Å². The van der Waals surface area contributed by atoms with Crippen LogP contribution in [-0.4, -0.2) is 48.0 Å². The van der Waals surface area contributed by atoms with Crippen LogP contribution in [0.1, 0.15) is 19.3 Å². The number of hydrogen-bond acceptors (Lipinski definition) is 4. The fourth-order valence-corrected chi connectivity index (χ4v) is 4.00. The molecule has 2 saturated heterocycles. The zero-order chi connectivity index (χ0) is 16.2. The van der Waals surface area contributed by atoms with E-state index in [1.165, 1.54) is 18.2 Å². The van der Waals surface area contributed by atoms with Gasteiger partial charge in [0.05, 0.1) is 23.0 Å². The van der Waals surface area contributed by atoms with Gasteiger partial charge in [0, 0.05) is 18.1 Å². The predicted molar refractivity (Wildman–Crippen MR) is 95.2 cm³/mol. The smallest absolute Gasteiger partial charge is 0.244 e. The lowest BCUT2D eigenvalue weighted by atomic mass is 10.1. The molecule has 1 aromatic carbocycles. The third-order valence-corrected chi connectivity index (χ3v) is 5.27. The minimum absolute atomic E-state index is 0.0208. The normalized spacial score (nSPS) is 18.4. The minimum atomic E-state index is -0.179. The van der Waals surface area contributed by atoms with Gasteiger partial charge in [0.15, 0.2) is 0 Å². The number of carbonyl (C=O) groups is 2. The first-order valence-electron chi connectivity index (χ1n) is 7.83. The molecule has 0 aliphatic carbocycles. The van der Waals surface area contributed by atoms with Crippen LogP contribution in [0.3, 0.4) is 0 Å². The number of hydrogen-bond donors (Lipinski definition) is 1. The highest BCUT2D eigenvalue weighted by Crippen LogP contribution is 2.31. The topological polar surface area (TPSA) is 52.7 Å². The lowest BCUT2D eigenvalue weighted by molar-refractivity contribution is -0.130. The average Bonchev–Trinajstić information content (AvgIpc) is 2.93. The fraction of sp³-hybridized carbons (Fsp3) is 0.500. The third kappa shape index (κ3) is 4.12. The first kappa shape index (κ1) is 16.5. The van der Waals surface area contributed by atoms with Crippen molar-refractivity contribution in [1.82, 2.24) is 4.90 Å². The zero-order valence-electron chi connectivity index (χ0n) is 12.9. The van der Waals surface area contributed by atoms with Crippen LogP contribution in [0.15, 0.2) is 18.2 Å². The molecule has 1 aromatic rings. The van der Waals surface area contributed by atoms with Crippen molar-refractivity contribution >= 4 is 46.6 Å². The summed E-state index contributed by atoms with van der Waals surface area (Å²) >= 11 is 7.63. The maximum atomic E-state index is 12.3. The summed E-state index contributed by atoms with van der Waals surface area (Å²) < 4.78 is 0. The Hall–Kier alpha value is -1.40. The maximum absolute atomic E-state index is 12.3. The van der Waals surface area contributed by atoms with Gasteiger partial charge in [0.25, 0.3) is 0 Å². The quantitative estimate of drug-likeness (QED) is 0.904. The summed E-state index contributed by atoms with van der Waals surface area (Å²) in [6.45, 7) is 2.08. The Morgan fingerprint density at radius 1 is 1.26 bits per heavy atom. The molecule has 7 heteroatoms. The molecule has 1 N–H and O–H groups in total. The second-order valence-electron chi connectivity index (χ2n) is 5.83. The van der Waals surface area contributed by atoms with Crippen molar-refractivity contribution in [3.8, 4) is 0 Å². The van der Waals surface area contributed by atoms with E-state index in [9.17, 15) is 9.59 Å². The predicted octanol–water partition coefficient (Wildman–Crippen LogP) is 2.80. The molecule has 124 valence electrons. The van der Waals surface area contributed by atoms with Crippen molar-refractivity contribution in [3.05, 3.63) is 23.2 Å². The number of halogens is 1. The van der Waals surface area contributed by atoms with E-state index in [0.29, 0.717) is 16.7 Å². The van der Waals surface area contributed by atoms with Gasteiger partial charge in [-0.1, -0.05) is 11.6 Å². The number of thioether (sulfide) groups is 1. The number of piperidine rings is 1. The SMILES string of the molecule is O=C(CN1CSCC1=O)Nc1cc(Cl)ccc1N1CCCCC1. The molecule has 2 heterocycles. The summed E-state index contributed by atoms with van der Waals surface area (Å²) in [7, 11) is 0. The second-order valence-corrected chi connectivity index (χ2v) is 7.22. The fourth-order valence-electron chi connectivity index (χ4n) is 2.92. The van der Waals surface area contributed by atoms with E-state index >= 15 is 0 Å². The van der Waals surface area contributed by atoms with Crippen LogP contribution < -0.4 is 10.2 Å². The van der Waals surface area contributed by atoms with Gasteiger partial charge in [0.1, 0.15) is 6.54 Å². The molecule has 0 unspecified atom stereocenters. The molecule has 0 spiro atoms. The minimum Gasteiger partial charge on any atom is -0.370 e. The average molecular weight is 354 g/mol. The van der Waals surface area contributed by atoms with Gasteiger partial charge in [-0.3, -0.25) is 9.59 Å². The Bertz CT molecular complexity index is 605. The molecule has 3 rings (SSSR count). The molecule has 0 radical (unpaired) electrons. The second kappa shape index (κ2) is 7.45. The van der Waals surface area contributed by atoms with Gasteiger partial charge in [-0.2, -0.15) is 0 Å². The molecular weight excluding hydrogens is 334 g/mol. The monoisotopic (exact) mass is 353 g/mol. The number of rotatable bonds is 4. The highest BCUT2D eigenvalue weighted by molar-refractivity contribution is 8.00. The van der Waals surface area contributed by atoms with Crippen molar-refractivity contribution < 1.29 is 9.59 Å². The van der Waals surface area contributed by atoms with Gasteiger partial charge in [-0.25, -0.2) is 0 Å². The van der Waals surface area contributed by atoms with Crippen molar-refractivity contribution in [2.75, 3.05) is 41.5 Å². The summed E-state index contributed by atoms with van der Waals surface area (Å²) in [5.74, 6) is 0.887. The summed E-state index contributed by atoms with van der Waals surface area (Å²) in [6.07, 6.45) is 3.57. The number of nitrogens with zero attached hydrogens (tertiary/aromatic N) is 2. The molecule has 2 aliphatic heterocycles. The molecule has 0 atom stereocenters. The van der Waals surface area contributed by atoms with Crippen LogP contribution in [0.4, 0.5) is 11.4 Å². The Morgan fingerprint density at radius 2 is 2.04 bits per heavy atom. The molecule has 23 heavy (non-hydrogen) atoms. The highest BCUT2D eigenvalue weighted by atomic mass is 35.5. The van der Waals surface area contributed by atoms with Gasteiger partial charge < -0.3 is 15.1 Å². The summed E-state index contributed by atoms with van der Waals surface area (Å²) in [5, 5.41) is 3.52. The Morgan fingerprint density at radius 3 is 2.74 bits per heavy atom. The highest BCUT2D eigenvalue weighted by Gasteiger charge is 2.23. The molecular formula is C16H20ClN3O2S. The number of benzene rings is 1. The molecule has 2 amide bonds. The summed E-state index contributed by atoms with van der Waals surface area (Å²) in [6, 6.07) is 5.59. The first-order chi connectivity index (χ1) is 11.1. The van der Waals surface area contributed by atoms with E-state index in [1.807, 2.05) is 12.1 Å². The lowest BCUT2D eigenvalue weighted by Crippen LogP contribution is -2.35. The standard InChI is InChI=1S/C16H20ClN3O2S/c17-12-4-5-14(19-6-2-1-3-7-19)13(8-12)18-15(21)9-20-11-23-10-16(20)22/h4-5,8H,1-3,6-7,9-11H2,(H,18,21). The third-order valence-electron chi connectivity index (χ3n) is 4.09. The largest absolute Gasteiger partial charge is 0.370 e. The first-order valence-corrected chi connectivity index (χ1v) is 9.36. The van der Waals surface area contributed by atoms with Crippen LogP contribution in [0.2, 0.25) is 5.02 Å². The van der Waals surface area contributed by atoms with Crippen molar-refractivity contribution in [2.24, 2.45) is 0 Å².